The van der Waals surface area contributed by atoms with Gasteiger partial charge in [0.1, 0.15) is 0 Å². The van der Waals surface area contributed by atoms with Gasteiger partial charge in [-0.2, -0.15) is 0 Å². The first-order valence-electron chi connectivity index (χ1n) is 4.99. The molecule has 0 spiro atoms. The molecular weight excluding hydrogens is 258 g/mol. The van der Waals surface area contributed by atoms with Crippen LogP contribution in [0.25, 0.3) is 5.57 Å². The number of nitrogens with one attached hydrogen (secondary N) is 1. The van der Waals surface area contributed by atoms with Crippen LogP contribution in [0.5, 0.6) is 0 Å². The lowest BCUT2D eigenvalue weighted by Gasteiger charge is -2.17. The summed E-state index contributed by atoms with van der Waals surface area (Å²) in [5.74, 6) is -2.79. The summed E-state index contributed by atoms with van der Waals surface area (Å²) in [4.78, 5) is 34.5. The van der Waals surface area contributed by atoms with Gasteiger partial charge in [0.25, 0.3) is 11.7 Å². The van der Waals surface area contributed by atoms with Crippen molar-refractivity contribution in [3.63, 3.8) is 0 Å². The zero-order valence-electron chi connectivity index (χ0n) is 9.32. The van der Waals surface area contributed by atoms with Gasteiger partial charge in [0.15, 0.2) is 5.76 Å². The van der Waals surface area contributed by atoms with Gasteiger partial charge in [0, 0.05) is 5.02 Å². The summed E-state index contributed by atoms with van der Waals surface area (Å²) in [6.45, 7) is 0. The van der Waals surface area contributed by atoms with Crippen molar-refractivity contribution in [2.24, 2.45) is 0 Å². The minimum atomic E-state index is -0.991. The second-order valence-corrected chi connectivity index (χ2v) is 3.96. The number of ketones is 1. The number of benzene rings is 1. The number of hydrogen-bond acceptors (Lipinski definition) is 4. The van der Waals surface area contributed by atoms with Crippen LogP contribution in [0.4, 0.5) is 0 Å². The number of Topliss-reactive ketones (excluding diaryl/α,β-unsaturated/α-hetero) is 1. The lowest BCUT2D eigenvalue weighted by atomic mass is 9.99. The Labute approximate surface area is 107 Å². The van der Waals surface area contributed by atoms with Crippen molar-refractivity contribution in [1.29, 1.82) is 0 Å². The first-order valence-corrected chi connectivity index (χ1v) is 5.36. The fourth-order valence-corrected chi connectivity index (χ4v) is 1.74. The van der Waals surface area contributed by atoms with E-state index < -0.39 is 17.6 Å². The Balaban J connectivity index is 2.60. The smallest absolute Gasteiger partial charge is 0.302 e. The van der Waals surface area contributed by atoms with Crippen LogP contribution in [-0.4, -0.2) is 24.7 Å². The molecule has 0 radical (unpaired) electrons. The van der Waals surface area contributed by atoms with E-state index in [0.29, 0.717) is 10.6 Å². The van der Waals surface area contributed by atoms with Gasteiger partial charge in [-0.3, -0.25) is 19.7 Å². The molecular formula is C12H8ClNO4. The molecule has 0 bridgehead atoms. The summed E-state index contributed by atoms with van der Waals surface area (Å²) in [6, 6.07) is 6.29. The number of methoxy groups -OCH3 is 1. The third kappa shape index (κ3) is 2.00. The molecule has 0 unspecified atom stereocenters. The molecule has 0 atom stereocenters. The van der Waals surface area contributed by atoms with Gasteiger partial charge >= 0.3 is 5.91 Å². The van der Waals surface area contributed by atoms with Gasteiger partial charge in [0.05, 0.1) is 12.7 Å². The van der Waals surface area contributed by atoms with Crippen molar-refractivity contribution < 1.29 is 19.1 Å². The predicted octanol–water partition coefficient (Wildman–Crippen LogP) is 0.923. The maximum absolute atomic E-state index is 11.7. The number of rotatable bonds is 2. The Kier molecular flexibility index (Phi) is 3.16. The van der Waals surface area contributed by atoms with Crippen molar-refractivity contribution in [2.45, 2.75) is 0 Å². The quantitative estimate of drug-likeness (QED) is 0.638. The number of carbonyl (C=O) groups is 3. The van der Waals surface area contributed by atoms with Crippen molar-refractivity contribution in [1.82, 2.24) is 5.32 Å². The molecule has 18 heavy (non-hydrogen) atoms. The minimum absolute atomic E-state index is 0.0266. The standard InChI is InChI=1S/C12H8ClNO4/c1-18-10-8(6-2-4-7(13)5-3-6)11(16)14-12(17)9(10)15/h2-5H,1H3,(H,14,16,17). The summed E-state index contributed by atoms with van der Waals surface area (Å²) >= 11 is 5.74. The van der Waals surface area contributed by atoms with E-state index in [2.05, 4.69) is 0 Å². The minimum Gasteiger partial charge on any atom is -0.492 e. The average Bonchev–Trinajstić information content (AvgIpc) is 2.35. The second kappa shape index (κ2) is 4.62. The predicted molar refractivity (Wildman–Crippen MR) is 63.5 cm³/mol. The molecule has 2 rings (SSSR count). The van der Waals surface area contributed by atoms with Crippen LogP contribution in [0, 0.1) is 0 Å². The van der Waals surface area contributed by atoms with Crippen molar-refractivity contribution >= 4 is 34.8 Å². The first-order chi connectivity index (χ1) is 8.54. The molecule has 1 heterocycles. The molecule has 0 aliphatic carbocycles. The van der Waals surface area contributed by atoms with E-state index >= 15 is 0 Å². The third-order valence-corrected chi connectivity index (χ3v) is 2.68. The summed E-state index contributed by atoms with van der Waals surface area (Å²) in [7, 11) is 1.23. The number of halogens is 1. The molecule has 1 aliphatic rings. The Morgan fingerprint density at radius 3 is 2.22 bits per heavy atom. The number of carbonyl (C=O) groups excluding carboxylic acids is 3. The Hall–Kier alpha value is -2.14. The highest BCUT2D eigenvalue weighted by molar-refractivity contribution is 6.52. The average molecular weight is 266 g/mol. The Bertz CT molecular complexity index is 574. The van der Waals surface area contributed by atoms with Gasteiger partial charge in [-0.15, -0.1) is 0 Å². The van der Waals surface area contributed by atoms with Crippen molar-refractivity contribution in [3.8, 4) is 0 Å². The first kappa shape index (κ1) is 12.3. The molecule has 1 aliphatic heterocycles. The fourth-order valence-electron chi connectivity index (χ4n) is 1.62. The molecule has 6 heteroatoms. The van der Waals surface area contributed by atoms with Crippen LogP contribution < -0.4 is 5.32 Å². The van der Waals surface area contributed by atoms with Crippen LogP contribution >= 0.6 is 11.6 Å². The summed E-state index contributed by atoms with van der Waals surface area (Å²) in [5, 5.41) is 2.46. The van der Waals surface area contributed by atoms with E-state index in [9.17, 15) is 14.4 Å². The highest BCUT2D eigenvalue weighted by Gasteiger charge is 2.34. The molecule has 1 aromatic carbocycles. The zero-order valence-corrected chi connectivity index (χ0v) is 10.1. The summed E-state index contributed by atoms with van der Waals surface area (Å²) in [6.07, 6.45) is 0. The molecule has 5 nitrogen and oxygen atoms in total. The SMILES string of the molecule is COC1=C(c2ccc(Cl)cc2)C(=O)NC(=O)C1=O. The lowest BCUT2D eigenvalue weighted by molar-refractivity contribution is -0.140. The van der Waals surface area contributed by atoms with Crippen LogP contribution in [0.3, 0.4) is 0 Å². The summed E-state index contributed by atoms with van der Waals surface area (Å²) < 4.78 is 4.86. The zero-order chi connectivity index (χ0) is 13.3. The van der Waals surface area contributed by atoms with E-state index in [4.69, 9.17) is 16.3 Å². The van der Waals surface area contributed by atoms with E-state index in [1.165, 1.54) is 7.11 Å². The van der Waals surface area contributed by atoms with Crippen molar-refractivity contribution in [2.75, 3.05) is 7.11 Å². The van der Waals surface area contributed by atoms with E-state index in [1.807, 2.05) is 5.32 Å². The van der Waals surface area contributed by atoms with Crippen molar-refractivity contribution in [3.05, 3.63) is 40.6 Å². The molecule has 1 aromatic rings. The third-order valence-electron chi connectivity index (χ3n) is 2.43. The molecule has 0 aromatic heterocycles. The number of hydrogen-bond donors (Lipinski definition) is 1. The number of imide groups is 1. The van der Waals surface area contributed by atoms with E-state index in [0.717, 1.165) is 0 Å². The number of ether oxygens (including phenoxy) is 1. The van der Waals surface area contributed by atoms with Gasteiger partial charge < -0.3 is 4.74 Å². The van der Waals surface area contributed by atoms with Crippen LogP contribution in [-0.2, 0) is 19.1 Å². The van der Waals surface area contributed by atoms with Crippen LogP contribution in [0.2, 0.25) is 5.02 Å². The van der Waals surface area contributed by atoms with Gasteiger partial charge in [-0.05, 0) is 17.7 Å². The van der Waals surface area contributed by atoms with Gasteiger partial charge in [-0.1, -0.05) is 23.7 Å². The van der Waals surface area contributed by atoms with Gasteiger partial charge in [-0.25, -0.2) is 0 Å². The Morgan fingerprint density at radius 1 is 1.06 bits per heavy atom. The van der Waals surface area contributed by atoms with Crippen LogP contribution in [0.1, 0.15) is 5.56 Å². The fraction of sp³-hybridized carbons (Fsp3) is 0.0833. The normalized spacial score (nSPS) is 15.8. The largest absolute Gasteiger partial charge is 0.492 e. The topological polar surface area (TPSA) is 72.5 Å². The lowest BCUT2D eigenvalue weighted by Crippen LogP contribution is -2.43. The van der Waals surface area contributed by atoms with Gasteiger partial charge in [0.2, 0.25) is 0 Å². The summed E-state index contributed by atoms with van der Waals surface area (Å²) in [5.41, 5.74) is 0.480. The van der Waals surface area contributed by atoms with Crippen LogP contribution in [0.15, 0.2) is 30.0 Å². The highest BCUT2D eigenvalue weighted by Crippen LogP contribution is 2.24. The number of amides is 2. The monoisotopic (exact) mass is 265 g/mol. The van der Waals surface area contributed by atoms with E-state index in [1.54, 1.807) is 24.3 Å². The maximum atomic E-state index is 11.7. The second-order valence-electron chi connectivity index (χ2n) is 3.53. The molecule has 0 fully saturated rings. The molecule has 92 valence electrons. The maximum Gasteiger partial charge on any atom is 0.302 e. The highest BCUT2D eigenvalue weighted by atomic mass is 35.5. The Morgan fingerprint density at radius 2 is 1.67 bits per heavy atom. The molecule has 0 saturated carbocycles. The molecule has 0 saturated heterocycles. The molecule has 1 N–H and O–H groups in total. The van der Waals surface area contributed by atoms with E-state index in [-0.39, 0.29) is 11.3 Å². The molecule has 2 amide bonds.